The third-order valence-corrected chi connectivity index (χ3v) is 4.09. The van der Waals surface area contributed by atoms with Crippen molar-refractivity contribution in [1.82, 2.24) is 9.88 Å². The van der Waals surface area contributed by atoms with Gasteiger partial charge in [-0.1, -0.05) is 6.92 Å². The highest BCUT2D eigenvalue weighted by Crippen LogP contribution is 2.26. The minimum Gasteiger partial charge on any atom is -0.395 e. The van der Waals surface area contributed by atoms with E-state index in [9.17, 15) is 14.9 Å². The SMILES string of the molecule is CCCN(CCO)C(=O)c1csc(-c2ccc([N+](=O)[O-])cc2)n1. The number of hydrogen-bond donors (Lipinski definition) is 1. The van der Waals surface area contributed by atoms with E-state index in [1.807, 2.05) is 6.92 Å². The van der Waals surface area contributed by atoms with E-state index in [1.54, 1.807) is 22.4 Å². The van der Waals surface area contributed by atoms with Crippen molar-refractivity contribution in [2.24, 2.45) is 0 Å². The van der Waals surface area contributed by atoms with E-state index in [2.05, 4.69) is 4.98 Å². The molecule has 0 atom stereocenters. The predicted molar refractivity (Wildman–Crippen MR) is 87.5 cm³/mol. The molecule has 0 saturated heterocycles. The van der Waals surface area contributed by atoms with Crippen LogP contribution in [0.1, 0.15) is 23.8 Å². The first-order valence-electron chi connectivity index (χ1n) is 7.17. The van der Waals surface area contributed by atoms with E-state index in [-0.39, 0.29) is 24.7 Å². The Morgan fingerprint density at radius 2 is 2.04 bits per heavy atom. The Hall–Kier alpha value is -2.32. The number of carbonyl (C=O) groups is 1. The lowest BCUT2D eigenvalue weighted by Gasteiger charge is -2.19. The molecule has 1 amide bonds. The second kappa shape index (κ2) is 7.80. The summed E-state index contributed by atoms with van der Waals surface area (Å²) in [6.07, 6.45) is 0.797. The van der Waals surface area contributed by atoms with Gasteiger partial charge >= 0.3 is 0 Å². The first kappa shape index (κ1) is 17.0. The summed E-state index contributed by atoms with van der Waals surface area (Å²) in [5.41, 5.74) is 1.06. The molecule has 0 saturated carbocycles. The lowest BCUT2D eigenvalue weighted by atomic mass is 10.2. The Morgan fingerprint density at radius 1 is 1.35 bits per heavy atom. The first-order chi connectivity index (χ1) is 11.1. The van der Waals surface area contributed by atoms with Gasteiger partial charge in [0.1, 0.15) is 10.7 Å². The number of amides is 1. The van der Waals surface area contributed by atoms with E-state index in [0.29, 0.717) is 17.2 Å². The predicted octanol–water partition coefficient (Wildman–Crippen LogP) is 2.56. The van der Waals surface area contributed by atoms with E-state index in [1.165, 1.54) is 23.5 Å². The fraction of sp³-hybridized carbons (Fsp3) is 0.333. The van der Waals surface area contributed by atoms with Crippen molar-refractivity contribution in [2.75, 3.05) is 19.7 Å². The Morgan fingerprint density at radius 3 is 2.61 bits per heavy atom. The van der Waals surface area contributed by atoms with E-state index in [0.717, 1.165) is 12.0 Å². The zero-order chi connectivity index (χ0) is 16.8. The molecule has 1 aromatic heterocycles. The van der Waals surface area contributed by atoms with Gasteiger partial charge in [-0.3, -0.25) is 14.9 Å². The molecule has 0 aliphatic carbocycles. The first-order valence-corrected chi connectivity index (χ1v) is 8.05. The summed E-state index contributed by atoms with van der Waals surface area (Å²) in [6, 6.07) is 6.05. The number of aromatic nitrogens is 1. The summed E-state index contributed by atoms with van der Waals surface area (Å²) in [7, 11) is 0. The fourth-order valence-electron chi connectivity index (χ4n) is 2.10. The molecule has 7 nitrogen and oxygen atoms in total. The average Bonchev–Trinajstić information content (AvgIpc) is 3.04. The van der Waals surface area contributed by atoms with Crippen molar-refractivity contribution < 1.29 is 14.8 Å². The van der Waals surface area contributed by atoms with Crippen molar-refractivity contribution in [1.29, 1.82) is 0 Å². The number of benzene rings is 1. The summed E-state index contributed by atoms with van der Waals surface area (Å²) in [4.78, 5) is 28.5. The van der Waals surface area contributed by atoms with Gasteiger partial charge in [0.05, 0.1) is 11.5 Å². The molecule has 0 unspecified atom stereocenters. The van der Waals surface area contributed by atoms with Crippen molar-refractivity contribution in [3.05, 3.63) is 45.5 Å². The molecule has 0 aliphatic heterocycles. The molecule has 122 valence electrons. The van der Waals surface area contributed by atoms with Crippen LogP contribution in [0.4, 0.5) is 5.69 Å². The average molecular weight is 335 g/mol. The topological polar surface area (TPSA) is 96.6 Å². The minimum atomic E-state index is -0.460. The number of nitrogens with zero attached hydrogens (tertiary/aromatic N) is 3. The molecule has 2 rings (SSSR count). The van der Waals surface area contributed by atoms with Gasteiger partial charge in [-0.25, -0.2) is 4.98 Å². The molecular weight excluding hydrogens is 318 g/mol. The Kier molecular flexibility index (Phi) is 5.78. The number of hydrogen-bond acceptors (Lipinski definition) is 6. The molecule has 23 heavy (non-hydrogen) atoms. The number of thiazole rings is 1. The van der Waals surface area contributed by atoms with Crippen LogP contribution >= 0.6 is 11.3 Å². The largest absolute Gasteiger partial charge is 0.395 e. The number of rotatable bonds is 7. The normalized spacial score (nSPS) is 10.5. The van der Waals surface area contributed by atoms with Crippen LogP contribution in [0.2, 0.25) is 0 Å². The van der Waals surface area contributed by atoms with Crippen molar-refractivity contribution in [3.8, 4) is 10.6 Å². The number of aliphatic hydroxyl groups is 1. The standard InChI is InChI=1S/C15H17N3O4S/c1-2-7-17(8-9-19)15(20)13-10-23-14(16-13)11-3-5-12(6-4-11)18(21)22/h3-6,10,19H,2,7-9H2,1H3. The molecule has 8 heteroatoms. The summed E-state index contributed by atoms with van der Waals surface area (Å²) in [5.74, 6) is -0.217. The molecule has 1 aromatic carbocycles. The van der Waals surface area contributed by atoms with E-state index >= 15 is 0 Å². The van der Waals surface area contributed by atoms with Crippen LogP contribution in [0.25, 0.3) is 10.6 Å². The van der Waals surface area contributed by atoms with Gasteiger partial charge in [-0.05, 0) is 18.6 Å². The molecule has 1 N–H and O–H groups in total. The number of carbonyl (C=O) groups excluding carboxylic acids is 1. The van der Waals surface area contributed by atoms with Gasteiger partial charge in [0.15, 0.2) is 0 Å². The highest BCUT2D eigenvalue weighted by Gasteiger charge is 2.18. The lowest BCUT2D eigenvalue weighted by molar-refractivity contribution is -0.384. The smallest absolute Gasteiger partial charge is 0.273 e. The van der Waals surface area contributed by atoms with Crippen LogP contribution in [0.15, 0.2) is 29.6 Å². The molecule has 0 bridgehead atoms. The second-order valence-corrected chi connectivity index (χ2v) is 5.72. The van der Waals surface area contributed by atoms with Gasteiger partial charge in [-0.2, -0.15) is 0 Å². The monoisotopic (exact) mass is 335 g/mol. The Balaban J connectivity index is 2.19. The van der Waals surface area contributed by atoms with Crippen LogP contribution in [0.3, 0.4) is 0 Å². The quantitative estimate of drug-likeness (QED) is 0.619. The second-order valence-electron chi connectivity index (χ2n) is 4.86. The number of nitro benzene ring substituents is 1. The van der Waals surface area contributed by atoms with Crippen molar-refractivity contribution >= 4 is 22.9 Å². The number of non-ortho nitro benzene ring substituents is 1. The lowest BCUT2D eigenvalue weighted by Crippen LogP contribution is -2.34. The minimum absolute atomic E-state index is 0.0127. The summed E-state index contributed by atoms with van der Waals surface area (Å²) < 4.78 is 0. The van der Waals surface area contributed by atoms with Crippen LogP contribution < -0.4 is 0 Å². The van der Waals surface area contributed by atoms with Crippen molar-refractivity contribution in [3.63, 3.8) is 0 Å². The van der Waals surface area contributed by atoms with Crippen LogP contribution in [-0.2, 0) is 0 Å². The summed E-state index contributed by atoms with van der Waals surface area (Å²) in [5, 5.41) is 22.0. The maximum Gasteiger partial charge on any atom is 0.273 e. The molecular formula is C15H17N3O4S. The zero-order valence-corrected chi connectivity index (χ0v) is 13.5. The maximum atomic E-state index is 12.4. The maximum absolute atomic E-state index is 12.4. The zero-order valence-electron chi connectivity index (χ0n) is 12.6. The van der Waals surface area contributed by atoms with Crippen LogP contribution in [-0.4, -0.2) is 45.5 Å². The fourth-order valence-corrected chi connectivity index (χ4v) is 2.90. The molecule has 0 spiro atoms. The van der Waals surface area contributed by atoms with Gasteiger partial charge < -0.3 is 10.0 Å². The van der Waals surface area contributed by atoms with Gasteiger partial charge in [0.2, 0.25) is 0 Å². The van der Waals surface area contributed by atoms with Gasteiger partial charge in [0.25, 0.3) is 11.6 Å². The molecule has 0 fully saturated rings. The highest BCUT2D eigenvalue weighted by molar-refractivity contribution is 7.13. The van der Waals surface area contributed by atoms with E-state index in [4.69, 9.17) is 5.11 Å². The molecule has 0 aliphatic rings. The van der Waals surface area contributed by atoms with Crippen LogP contribution in [0.5, 0.6) is 0 Å². The van der Waals surface area contributed by atoms with E-state index < -0.39 is 4.92 Å². The molecule has 1 heterocycles. The summed E-state index contributed by atoms with van der Waals surface area (Å²) >= 11 is 1.31. The Bertz CT molecular complexity index is 678. The number of aliphatic hydroxyl groups excluding tert-OH is 1. The third-order valence-electron chi connectivity index (χ3n) is 3.20. The number of nitro groups is 1. The Labute approximate surface area is 137 Å². The highest BCUT2D eigenvalue weighted by atomic mass is 32.1. The van der Waals surface area contributed by atoms with Gasteiger partial charge in [-0.15, -0.1) is 11.3 Å². The summed E-state index contributed by atoms with van der Waals surface area (Å²) in [6.45, 7) is 2.70. The van der Waals surface area contributed by atoms with Gasteiger partial charge in [0, 0.05) is 36.2 Å². The molecule has 0 radical (unpaired) electrons. The van der Waals surface area contributed by atoms with Crippen molar-refractivity contribution in [2.45, 2.75) is 13.3 Å². The molecule has 2 aromatic rings. The third kappa shape index (κ3) is 4.11. The van der Waals surface area contributed by atoms with Crippen LogP contribution in [0, 0.1) is 10.1 Å².